The van der Waals surface area contributed by atoms with Crippen LogP contribution in [0.1, 0.15) is 76.0 Å². The maximum absolute atomic E-state index is 10.9. The highest BCUT2D eigenvalue weighted by atomic mass is 16.5. The molecule has 0 radical (unpaired) electrons. The third-order valence-electron chi connectivity index (χ3n) is 5.47. The lowest BCUT2D eigenvalue weighted by atomic mass is 9.81. The van der Waals surface area contributed by atoms with E-state index in [-0.39, 0.29) is 11.0 Å². The summed E-state index contributed by atoms with van der Waals surface area (Å²) >= 11 is 0. The van der Waals surface area contributed by atoms with E-state index >= 15 is 0 Å². The van der Waals surface area contributed by atoms with Crippen molar-refractivity contribution in [2.45, 2.75) is 83.2 Å². The Morgan fingerprint density at radius 2 is 1.87 bits per heavy atom. The van der Waals surface area contributed by atoms with Gasteiger partial charge in [-0.2, -0.15) is 0 Å². The van der Waals surface area contributed by atoms with Crippen molar-refractivity contribution in [2.75, 3.05) is 0 Å². The molecule has 0 unspecified atom stereocenters. The molecule has 1 fully saturated rings. The van der Waals surface area contributed by atoms with Crippen molar-refractivity contribution in [3.63, 3.8) is 0 Å². The first kappa shape index (κ1) is 16.4. The lowest BCUT2D eigenvalue weighted by molar-refractivity contribution is 0.0771. The van der Waals surface area contributed by atoms with Crippen molar-refractivity contribution in [2.24, 2.45) is 0 Å². The number of rotatable bonds is 2. The van der Waals surface area contributed by atoms with E-state index in [1.807, 2.05) is 6.08 Å². The highest BCUT2D eigenvalue weighted by molar-refractivity contribution is 5.58. The first-order valence-corrected chi connectivity index (χ1v) is 9.04. The van der Waals surface area contributed by atoms with E-state index in [4.69, 9.17) is 4.74 Å². The SMILES string of the molecule is C=CCc1c(O)c(C(C)(C)C)cc2c1CC1(CCCCCC1)O2. The Labute approximate surface area is 140 Å². The van der Waals surface area contributed by atoms with E-state index in [0.29, 0.717) is 12.2 Å². The van der Waals surface area contributed by atoms with Crippen LogP contribution in [0, 0.1) is 0 Å². The molecule has 23 heavy (non-hydrogen) atoms. The third kappa shape index (κ3) is 3.00. The van der Waals surface area contributed by atoms with Crippen molar-refractivity contribution in [1.82, 2.24) is 0 Å². The molecule has 3 rings (SSSR count). The van der Waals surface area contributed by atoms with Gasteiger partial charge < -0.3 is 9.84 Å². The number of hydrogen-bond acceptors (Lipinski definition) is 2. The quantitative estimate of drug-likeness (QED) is 0.736. The van der Waals surface area contributed by atoms with Gasteiger partial charge in [0.1, 0.15) is 17.1 Å². The number of benzene rings is 1. The Bertz CT molecular complexity index is 599. The standard InChI is InChI=1S/C21H30O2/c1-5-10-15-16-14-21(11-8-6-7-9-12-21)23-18(16)13-17(19(15)22)20(2,3)4/h5,13,22H,1,6-12,14H2,2-4H3. The fraction of sp³-hybridized carbons (Fsp3) is 0.619. The summed E-state index contributed by atoms with van der Waals surface area (Å²) in [6.07, 6.45) is 11.0. The Kier molecular flexibility index (Phi) is 4.20. The predicted octanol–water partition coefficient (Wildman–Crippen LogP) is 5.45. The molecule has 2 heteroatoms. The smallest absolute Gasteiger partial charge is 0.124 e. The molecule has 1 heterocycles. The summed E-state index contributed by atoms with van der Waals surface area (Å²) in [5.74, 6) is 1.46. The van der Waals surface area contributed by atoms with E-state index in [1.54, 1.807) is 0 Å². The topological polar surface area (TPSA) is 29.5 Å². The van der Waals surface area contributed by atoms with E-state index in [1.165, 1.54) is 31.2 Å². The Balaban J connectivity index is 2.07. The average molecular weight is 314 g/mol. The van der Waals surface area contributed by atoms with Gasteiger partial charge in [-0.1, -0.05) is 39.7 Å². The fourth-order valence-corrected chi connectivity index (χ4v) is 4.20. The van der Waals surface area contributed by atoms with Crippen LogP contribution in [0.4, 0.5) is 0 Å². The number of aromatic hydroxyl groups is 1. The Morgan fingerprint density at radius 1 is 1.22 bits per heavy atom. The Morgan fingerprint density at radius 3 is 2.43 bits per heavy atom. The number of phenols is 1. The minimum atomic E-state index is -0.0996. The molecule has 2 nitrogen and oxygen atoms in total. The molecule has 1 spiro atoms. The van der Waals surface area contributed by atoms with Crippen molar-refractivity contribution in [3.05, 3.63) is 35.4 Å². The van der Waals surface area contributed by atoms with E-state index in [0.717, 1.165) is 36.1 Å². The molecule has 1 aromatic carbocycles. The molecule has 2 aliphatic rings. The first-order valence-electron chi connectivity index (χ1n) is 9.04. The molecule has 1 aromatic rings. The van der Waals surface area contributed by atoms with E-state index < -0.39 is 0 Å². The molecule has 0 bridgehead atoms. The van der Waals surface area contributed by atoms with Gasteiger partial charge in [-0.25, -0.2) is 0 Å². The van der Waals surface area contributed by atoms with Crippen molar-refractivity contribution in [1.29, 1.82) is 0 Å². The molecule has 0 aromatic heterocycles. The third-order valence-corrected chi connectivity index (χ3v) is 5.47. The van der Waals surface area contributed by atoms with Crippen molar-refractivity contribution >= 4 is 0 Å². The molecule has 0 atom stereocenters. The zero-order chi connectivity index (χ0) is 16.7. The fourth-order valence-electron chi connectivity index (χ4n) is 4.20. The van der Waals surface area contributed by atoms with Gasteiger partial charge in [0.25, 0.3) is 0 Å². The minimum absolute atomic E-state index is 0.0301. The maximum Gasteiger partial charge on any atom is 0.124 e. The van der Waals surface area contributed by atoms with Crippen LogP contribution in [-0.2, 0) is 18.3 Å². The van der Waals surface area contributed by atoms with Gasteiger partial charge in [0.05, 0.1) is 0 Å². The van der Waals surface area contributed by atoms with Gasteiger partial charge in [0.2, 0.25) is 0 Å². The highest BCUT2D eigenvalue weighted by Gasteiger charge is 2.42. The molecule has 0 amide bonds. The normalized spacial score (nSPS) is 20.0. The summed E-state index contributed by atoms with van der Waals surface area (Å²) in [4.78, 5) is 0. The molecule has 1 saturated carbocycles. The summed E-state index contributed by atoms with van der Waals surface area (Å²) < 4.78 is 6.55. The highest BCUT2D eigenvalue weighted by Crippen LogP contribution is 2.49. The summed E-state index contributed by atoms with van der Waals surface area (Å²) in [7, 11) is 0. The minimum Gasteiger partial charge on any atom is -0.507 e. The van der Waals surface area contributed by atoms with Gasteiger partial charge in [0.15, 0.2) is 0 Å². The van der Waals surface area contributed by atoms with Gasteiger partial charge in [-0.05, 0) is 43.6 Å². The van der Waals surface area contributed by atoms with Gasteiger partial charge in [-0.3, -0.25) is 0 Å². The predicted molar refractivity (Wildman–Crippen MR) is 95.5 cm³/mol. The van der Waals surface area contributed by atoms with E-state index in [2.05, 4.69) is 33.4 Å². The van der Waals surface area contributed by atoms with Crippen LogP contribution in [0.3, 0.4) is 0 Å². The summed E-state index contributed by atoms with van der Waals surface area (Å²) in [6, 6.07) is 2.09. The molecule has 0 saturated heterocycles. The van der Waals surface area contributed by atoms with Gasteiger partial charge in [-0.15, -0.1) is 6.58 Å². The number of ether oxygens (including phenoxy) is 1. The number of fused-ring (bicyclic) bond motifs is 1. The van der Waals surface area contributed by atoms with Crippen molar-refractivity contribution < 1.29 is 9.84 Å². The van der Waals surface area contributed by atoms with Crippen LogP contribution >= 0.6 is 0 Å². The second kappa shape index (κ2) is 5.89. The maximum atomic E-state index is 10.9. The average Bonchev–Trinajstić information content (AvgIpc) is 2.66. The number of hydrogen-bond donors (Lipinski definition) is 1. The lowest BCUT2D eigenvalue weighted by Crippen LogP contribution is -2.33. The lowest BCUT2D eigenvalue weighted by Gasteiger charge is -2.27. The van der Waals surface area contributed by atoms with Crippen LogP contribution in [0.2, 0.25) is 0 Å². The van der Waals surface area contributed by atoms with Crippen LogP contribution in [0.5, 0.6) is 11.5 Å². The molecule has 1 aliphatic carbocycles. The van der Waals surface area contributed by atoms with Crippen LogP contribution in [-0.4, -0.2) is 10.7 Å². The summed E-state index contributed by atoms with van der Waals surface area (Å²) in [6.45, 7) is 10.3. The van der Waals surface area contributed by atoms with Crippen LogP contribution < -0.4 is 4.74 Å². The zero-order valence-electron chi connectivity index (χ0n) is 14.9. The molecular weight excluding hydrogens is 284 g/mol. The zero-order valence-corrected chi connectivity index (χ0v) is 14.9. The second-order valence-corrected chi connectivity index (χ2v) is 8.35. The summed E-state index contributed by atoms with van der Waals surface area (Å²) in [5.41, 5.74) is 3.11. The van der Waals surface area contributed by atoms with Gasteiger partial charge in [0, 0.05) is 23.1 Å². The summed E-state index contributed by atoms with van der Waals surface area (Å²) in [5, 5.41) is 10.9. The molecular formula is C21H30O2. The Hall–Kier alpha value is -1.44. The molecule has 1 aliphatic heterocycles. The number of allylic oxidation sites excluding steroid dienone is 1. The largest absolute Gasteiger partial charge is 0.507 e. The molecule has 126 valence electrons. The van der Waals surface area contributed by atoms with Gasteiger partial charge >= 0.3 is 0 Å². The van der Waals surface area contributed by atoms with E-state index in [9.17, 15) is 5.11 Å². The monoisotopic (exact) mass is 314 g/mol. The first-order chi connectivity index (χ1) is 10.9. The number of phenolic OH excluding ortho intramolecular Hbond substituents is 1. The van der Waals surface area contributed by atoms with Crippen LogP contribution in [0.15, 0.2) is 18.7 Å². The van der Waals surface area contributed by atoms with Crippen molar-refractivity contribution in [3.8, 4) is 11.5 Å². The second-order valence-electron chi connectivity index (χ2n) is 8.35. The molecule has 1 N–H and O–H groups in total. The van der Waals surface area contributed by atoms with Crippen LogP contribution in [0.25, 0.3) is 0 Å².